The van der Waals surface area contributed by atoms with Crippen molar-refractivity contribution in [2.24, 2.45) is 0 Å². The van der Waals surface area contributed by atoms with Crippen molar-refractivity contribution in [3.05, 3.63) is 46.3 Å². The van der Waals surface area contributed by atoms with E-state index in [4.69, 9.17) is 15.2 Å². The summed E-state index contributed by atoms with van der Waals surface area (Å²) in [5.74, 6) is -2.33. The van der Waals surface area contributed by atoms with Crippen molar-refractivity contribution in [2.45, 2.75) is 6.61 Å². The normalized spacial score (nSPS) is 10.1. The first-order valence-electron chi connectivity index (χ1n) is 8.55. The maximum Gasteiger partial charge on any atom is 0.348 e. The molecule has 0 unspecified atom stereocenters. The molecule has 1 heterocycles. The molecule has 0 aliphatic rings. The monoisotopic (exact) mass is 436 g/mol. The summed E-state index contributed by atoms with van der Waals surface area (Å²) >= 11 is 0.817. The van der Waals surface area contributed by atoms with E-state index < -0.39 is 37.0 Å². The molecule has 0 saturated carbocycles. The van der Waals surface area contributed by atoms with Crippen LogP contribution >= 0.6 is 11.3 Å². The molecule has 1 aromatic carbocycles. The maximum atomic E-state index is 12.0. The van der Waals surface area contributed by atoms with E-state index in [0.29, 0.717) is 5.75 Å². The molecular weight excluding hydrogens is 416 g/mol. The first-order valence-corrected chi connectivity index (χ1v) is 9.37. The number of methoxy groups -OCH3 is 2. The summed E-state index contributed by atoms with van der Waals surface area (Å²) in [5.41, 5.74) is 5.80. The largest absolute Gasteiger partial charge is 0.484 e. The predicted octanol–water partition coefficient (Wildman–Crippen LogP) is 1.14. The number of benzene rings is 1. The third kappa shape index (κ3) is 5.95. The highest BCUT2D eigenvalue weighted by Crippen LogP contribution is 2.33. The van der Waals surface area contributed by atoms with Gasteiger partial charge in [0.2, 0.25) is 0 Å². The Morgan fingerprint density at radius 3 is 2.33 bits per heavy atom. The van der Waals surface area contributed by atoms with Crippen LogP contribution in [0.2, 0.25) is 0 Å². The van der Waals surface area contributed by atoms with Gasteiger partial charge in [0.05, 0.1) is 14.2 Å². The standard InChI is InChI=1S/C19H20N2O8S/c1-26-18(24)15-12(16(19(25)27-2)30-17(15)20)9-29-14(23)8-21-13(22)10-28-11-6-4-3-5-7-11/h3-7H,8-10,20H2,1-2H3,(H,21,22). The van der Waals surface area contributed by atoms with Gasteiger partial charge in [-0.2, -0.15) is 0 Å². The molecule has 30 heavy (non-hydrogen) atoms. The summed E-state index contributed by atoms with van der Waals surface area (Å²) in [6.45, 7) is -1.15. The van der Waals surface area contributed by atoms with Crippen LogP contribution in [0.5, 0.6) is 5.75 Å². The van der Waals surface area contributed by atoms with Gasteiger partial charge in [-0.3, -0.25) is 9.59 Å². The number of hydrogen-bond acceptors (Lipinski definition) is 10. The lowest BCUT2D eigenvalue weighted by atomic mass is 10.1. The summed E-state index contributed by atoms with van der Waals surface area (Å²) < 4.78 is 19.6. The fraction of sp³-hybridized carbons (Fsp3) is 0.263. The number of carbonyl (C=O) groups is 4. The second-order valence-corrected chi connectivity index (χ2v) is 6.72. The summed E-state index contributed by atoms with van der Waals surface area (Å²) in [5, 5.41) is 2.37. The average Bonchev–Trinajstić information content (AvgIpc) is 3.10. The zero-order chi connectivity index (χ0) is 22.1. The molecule has 2 rings (SSSR count). The van der Waals surface area contributed by atoms with Crippen LogP contribution in [0.3, 0.4) is 0 Å². The fourth-order valence-electron chi connectivity index (χ4n) is 2.30. The van der Waals surface area contributed by atoms with E-state index in [2.05, 4.69) is 14.8 Å². The minimum atomic E-state index is -0.792. The van der Waals surface area contributed by atoms with Gasteiger partial charge in [0, 0.05) is 5.56 Å². The molecule has 0 radical (unpaired) electrons. The highest BCUT2D eigenvalue weighted by molar-refractivity contribution is 7.18. The number of nitrogens with two attached hydrogens (primary N) is 1. The third-order valence-corrected chi connectivity index (χ3v) is 4.76. The van der Waals surface area contributed by atoms with Crippen LogP contribution in [0.15, 0.2) is 30.3 Å². The Morgan fingerprint density at radius 2 is 1.70 bits per heavy atom. The summed E-state index contributed by atoms with van der Waals surface area (Å²) in [7, 11) is 2.32. The third-order valence-electron chi connectivity index (χ3n) is 3.72. The molecule has 0 fully saturated rings. The Kier molecular flexibility index (Phi) is 8.18. The molecule has 0 spiro atoms. The molecule has 1 aromatic heterocycles. The van der Waals surface area contributed by atoms with Gasteiger partial charge in [-0.15, -0.1) is 11.3 Å². The van der Waals surface area contributed by atoms with E-state index >= 15 is 0 Å². The smallest absolute Gasteiger partial charge is 0.348 e. The van der Waals surface area contributed by atoms with E-state index in [9.17, 15) is 19.2 Å². The molecule has 0 atom stereocenters. The van der Waals surface area contributed by atoms with Gasteiger partial charge in [0.25, 0.3) is 5.91 Å². The van der Waals surface area contributed by atoms with E-state index in [0.717, 1.165) is 18.4 Å². The van der Waals surface area contributed by atoms with Gasteiger partial charge in [0.1, 0.15) is 34.3 Å². The predicted molar refractivity (Wildman–Crippen MR) is 106 cm³/mol. The molecule has 10 nitrogen and oxygen atoms in total. The van der Waals surface area contributed by atoms with Gasteiger partial charge < -0.3 is 30.0 Å². The second-order valence-electron chi connectivity index (χ2n) is 5.67. The van der Waals surface area contributed by atoms with Gasteiger partial charge in [-0.05, 0) is 12.1 Å². The molecule has 0 saturated heterocycles. The Balaban J connectivity index is 1.92. The number of hydrogen-bond donors (Lipinski definition) is 2. The molecule has 3 N–H and O–H groups in total. The Hall–Kier alpha value is -3.60. The summed E-state index contributed by atoms with van der Waals surface area (Å²) in [6, 6.07) is 8.69. The number of esters is 3. The number of rotatable bonds is 9. The first kappa shape index (κ1) is 22.7. The number of para-hydroxylation sites is 1. The van der Waals surface area contributed by atoms with Crippen molar-refractivity contribution in [3.63, 3.8) is 0 Å². The van der Waals surface area contributed by atoms with Crippen LogP contribution in [0, 0.1) is 0 Å². The van der Waals surface area contributed by atoms with E-state index in [-0.39, 0.29) is 27.6 Å². The Morgan fingerprint density at radius 1 is 1.03 bits per heavy atom. The number of amides is 1. The van der Waals surface area contributed by atoms with Gasteiger partial charge in [0.15, 0.2) is 6.61 Å². The zero-order valence-corrected chi connectivity index (χ0v) is 17.1. The lowest BCUT2D eigenvalue weighted by Gasteiger charge is -2.09. The number of ether oxygens (including phenoxy) is 4. The fourth-order valence-corrected chi connectivity index (χ4v) is 3.28. The van der Waals surface area contributed by atoms with Crippen molar-refractivity contribution in [2.75, 3.05) is 33.1 Å². The number of thiophene rings is 1. The Bertz CT molecular complexity index is 926. The van der Waals surface area contributed by atoms with Gasteiger partial charge in [-0.1, -0.05) is 18.2 Å². The highest BCUT2D eigenvalue weighted by atomic mass is 32.1. The van der Waals surface area contributed by atoms with E-state index in [1.807, 2.05) is 0 Å². The first-order chi connectivity index (χ1) is 14.4. The average molecular weight is 436 g/mol. The maximum absolute atomic E-state index is 12.0. The van der Waals surface area contributed by atoms with Crippen molar-refractivity contribution in [1.82, 2.24) is 5.32 Å². The molecule has 0 aliphatic heterocycles. The number of nitrogen functional groups attached to an aromatic ring is 1. The summed E-state index contributed by atoms with van der Waals surface area (Å²) in [6.07, 6.45) is 0. The van der Waals surface area contributed by atoms with Gasteiger partial charge in [-0.25, -0.2) is 9.59 Å². The van der Waals surface area contributed by atoms with E-state index in [1.54, 1.807) is 30.3 Å². The van der Waals surface area contributed by atoms with Crippen molar-refractivity contribution < 1.29 is 38.1 Å². The number of nitrogens with one attached hydrogen (secondary N) is 1. The van der Waals surface area contributed by atoms with Crippen LogP contribution in [-0.2, 0) is 30.4 Å². The van der Waals surface area contributed by atoms with Crippen LogP contribution < -0.4 is 15.8 Å². The van der Waals surface area contributed by atoms with Gasteiger partial charge >= 0.3 is 17.9 Å². The SMILES string of the molecule is COC(=O)c1sc(N)c(C(=O)OC)c1COC(=O)CNC(=O)COc1ccccc1. The molecule has 0 bridgehead atoms. The topological polar surface area (TPSA) is 143 Å². The van der Waals surface area contributed by atoms with Crippen LogP contribution in [0.1, 0.15) is 25.6 Å². The molecule has 0 aliphatic carbocycles. The number of anilines is 1. The van der Waals surface area contributed by atoms with Crippen molar-refractivity contribution in [3.8, 4) is 5.75 Å². The zero-order valence-electron chi connectivity index (χ0n) is 16.3. The van der Waals surface area contributed by atoms with Crippen LogP contribution in [-0.4, -0.2) is 51.2 Å². The lowest BCUT2D eigenvalue weighted by molar-refractivity contribution is -0.145. The molecule has 160 valence electrons. The molecule has 11 heteroatoms. The lowest BCUT2D eigenvalue weighted by Crippen LogP contribution is -2.34. The van der Waals surface area contributed by atoms with Crippen LogP contribution in [0.25, 0.3) is 0 Å². The minimum Gasteiger partial charge on any atom is -0.484 e. The molecular formula is C19H20N2O8S. The minimum absolute atomic E-state index is 0.0171. The molecule has 1 amide bonds. The molecule has 2 aromatic rings. The second kappa shape index (κ2) is 10.8. The summed E-state index contributed by atoms with van der Waals surface area (Å²) in [4.78, 5) is 47.7. The van der Waals surface area contributed by atoms with Crippen molar-refractivity contribution in [1.29, 1.82) is 0 Å². The number of carbonyl (C=O) groups excluding carboxylic acids is 4. The Labute approximate surface area is 175 Å². The van der Waals surface area contributed by atoms with Crippen LogP contribution in [0.4, 0.5) is 5.00 Å². The highest BCUT2D eigenvalue weighted by Gasteiger charge is 2.28. The quantitative estimate of drug-likeness (QED) is 0.437. The van der Waals surface area contributed by atoms with Crippen molar-refractivity contribution >= 4 is 40.2 Å². The van der Waals surface area contributed by atoms with E-state index in [1.165, 1.54) is 7.11 Å².